The van der Waals surface area contributed by atoms with Gasteiger partial charge in [0.15, 0.2) is 0 Å². The van der Waals surface area contributed by atoms with Gasteiger partial charge in [0.1, 0.15) is 11.6 Å². The van der Waals surface area contributed by atoms with Gasteiger partial charge in [-0.05, 0) is 69.2 Å². The Kier molecular flexibility index (Phi) is 6.45. The van der Waals surface area contributed by atoms with Crippen molar-refractivity contribution in [2.24, 2.45) is 0 Å². The first-order valence-electron chi connectivity index (χ1n) is 11.7. The highest BCUT2D eigenvalue weighted by Gasteiger charge is 2.43. The van der Waals surface area contributed by atoms with Gasteiger partial charge < -0.3 is 9.32 Å². The van der Waals surface area contributed by atoms with Crippen molar-refractivity contribution in [3.05, 3.63) is 53.0 Å². The van der Waals surface area contributed by atoms with Crippen LogP contribution in [0, 0.1) is 18.6 Å². The normalized spacial score (nSPS) is 20.2. The Morgan fingerprint density at radius 3 is 2.42 bits per heavy atom. The highest BCUT2D eigenvalue weighted by atomic mass is 19.1. The number of nitrogens with zero attached hydrogens (tertiary/aromatic N) is 5. The summed E-state index contributed by atoms with van der Waals surface area (Å²) in [5.41, 5.74) is 1.77. The number of fused-ring (bicyclic) bond motifs is 1. The van der Waals surface area contributed by atoms with Gasteiger partial charge >= 0.3 is 6.01 Å². The van der Waals surface area contributed by atoms with Gasteiger partial charge in [-0.15, -0.1) is 5.10 Å². The predicted molar refractivity (Wildman–Crippen MR) is 123 cm³/mol. The molecule has 0 aliphatic heterocycles. The third kappa shape index (κ3) is 4.23. The van der Waals surface area contributed by atoms with Crippen LogP contribution in [0.1, 0.15) is 76.4 Å². The topological polar surface area (TPSA) is 67.9 Å². The van der Waals surface area contributed by atoms with Gasteiger partial charge in [-0.1, -0.05) is 25.0 Å². The number of anilines is 1. The molecule has 0 radical (unpaired) electrons. The number of benzene rings is 1. The Labute approximate surface area is 193 Å². The van der Waals surface area contributed by atoms with Gasteiger partial charge in [0.2, 0.25) is 5.89 Å². The molecule has 0 bridgehead atoms. The maximum Gasteiger partial charge on any atom is 0.318 e. The Hall–Kier alpha value is -2.90. The molecule has 8 heteroatoms. The number of aromatic nitrogens is 4. The van der Waals surface area contributed by atoms with Crippen LogP contribution < -0.4 is 4.90 Å². The van der Waals surface area contributed by atoms with Crippen LogP contribution in [0.2, 0.25) is 0 Å². The summed E-state index contributed by atoms with van der Waals surface area (Å²) in [6.07, 6.45) is 3.67. The van der Waals surface area contributed by atoms with Crippen molar-refractivity contribution in [1.29, 1.82) is 0 Å². The number of hydrogen-bond donors (Lipinski definition) is 0. The molecule has 4 rings (SSSR count). The van der Waals surface area contributed by atoms with E-state index in [0.29, 0.717) is 18.5 Å². The van der Waals surface area contributed by atoms with Crippen molar-refractivity contribution in [3.8, 4) is 11.3 Å². The summed E-state index contributed by atoms with van der Waals surface area (Å²) < 4.78 is 34.7. The fraction of sp³-hybridized carbons (Fsp3) is 0.520. The van der Waals surface area contributed by atoms with E-state index in [1.165, 1.54) is 18.2 Å². The second-order valence-corrected chi connectivity index (χ2v) is 9.23. The molecule has 176 valence electrons. The van der Waals surface area contributed by atoms with Crippen molar-refractivity contribution in [1.82, 2.24) is 20.4 Å². The second-order valence-electron chi connectivity index (χ2n) is 9.23. The molecule has 0 saturated carbocycles. The molecular formula is C25H31F2N5O. The average molecular weight is 456 g/mol. The average Bonchev–Trinajstić information content (AvgIpc) is 3.22. The molecule has 0 saturated heterocycles. The van der Waals surface area contributed by atoms with Crippen LogP contribution in [0.4, 0.5) is 14.8 Å². The maximum absolute atomic E-state index is 14.5. The molecule has 0 spiro atoms. The summed E-state index contributed by atoms with van der Waals surface area (Å²) in [6.45, 7) is 10.9. The summed E-state index contributed by atoms with van der Waals surface area (Å²) >= 11 is 0. The highest BCUT2D eigenvalue weighted by molar-refractivity contribution is 5.62. The Morgan fingerprint density at radius 1 is 1.12 bits per heavy atom. The lowest BCUT2D eigenvalue weighted by Gasteiger charge is -2.43. The van der Waals surface area contributed by atoms with Crippen molar-refractivity contribution < 1.29 is 13.2 Å². The zero-order valence-electron chi connectivity index (χ0n) is 19.9. The van der Waals surface area contributed by atoms with E-state index >= 15 is 0 Å². The van der Waals surface area contributed by atoms with Gasteiger partial charge in [0.05, 0.1) is 17.0 Å². The molecule has 2 aromatic heterocycles. The third-order valence-electron chi connectivity index (χ3n) is 6.98. The Bertz CT molecular complexity index is 1110. The van der Waals surface area contributed by atoms with Crippen LogP contribution in [0.3, 0.4) is 0 Å². The fourth-order valence-electron chi connectivity index (χ4n) is 4.95. The van der Waals surface area contributed by atoms with Crippen LogP contribution in [0.15, 0.2) is 28.7 Å². The van der Waals surface area contributed by atoms with Crippen molar-refractivity contribution in [3.63, 3.8) is 0 Å². The molecule has 33 heavy (non-hydrogen) atoms. The SMILES string of the molecule is CC[C@H]1CC[C@](CC)(CN(c2nnc(C)o2)C(C)C)c2nnc(-c3c(F)cccc3F)cc21. The van der Waals surface area contributed by atoms with Crippen LogP contribution >= 0.6 is 0 Å². The summed E-state index contributed by atoms with van der Waals surface area (Å²) in [5.74, 6) is -0.477. The fourth-order valence-corrected chi connectivity index (χ4v) is 4.95. The summed E-state index contributed by atoms with van der Waals surface area (Å²) in [4.78, 5) is 2.12. The highest BCUT2D eigenvalue weighted by Crippen LogP contribution is 2.46. The molecule has 0 fully saturated rings. The molecule has 1 aromatic carbocycles. The quantitative estimate of drug-likeness (QED) is 0.438. The van der Waals surface area contributed by atoms with Crippen LogP contribution in [-0.2, 0) is 5.41 Å². The molecule has 3 aromatic rings. The molecule has 6 nitrogen and oxygen atoms in total. The minimum Gasteiger partial charge on any atom is -0.408 e. The lowest BCUT2D eigenvalue weighted by atomic mass is 9.66. The molecule has 0 unspecified atom stereocenters. The van der Waals surface area contributed by atoms with E-state index in [0.717, 1.165) is 36.9 Å². The maximum atomic E-state index is 14.5. The van der Waals surface area contributed by atoms with Gasteiger partial charge in [-0.3, -0.25) is 0 Å². The summed E-state index contributed by atoms with van der Waals surface area (Å²) in [6, 6.07) is 6.34. The first-order chi connectivity index (χ1) is 15.8. The van der Waals surface area contributed by atoms with Crippen molar-refractivity contribution in [2.45, 2.75) is 77.7 Å². The lowest BCUT2D eigenvalue weighted by molar-refractivity contribution is 0.297. The van der Waals surface area contributed by atoms with Crippen molar-refractivity contribution >= 4 is 6.01 Å². The monoisotopic (exact) mass is 455 g/mol. The molecule has 2 heterocycles. The van der Waals surface area contributed by atoms with Crippen LogP contribution in [0.5, 0.6) is 0 Å². The van der Waals surface area contributed by atoms with E-state index in [-0.39, 0.29) is 28.6 Å². The zero-order valence-corrected chi connectivity index (χ0v) is 19.9. The number of aryl methyl sites for hydroxylation is 1. The smallest absolute Gasteiger partial charge is 0.318 e. The number of halogens is 2. The minimum absolute atomic E-state index is 0.125. The van der Waals surface area contributed by atoms with Crippen molar-refractivity contribution in [2.75, 3.05) is 11.4 Å². The predicted octanol–water partition coefficient (Wildman–Crippen LogP) is 5.96. The van der Waals surface area contributed by atoms with E-state index in [9.17, 15) is 8.78 Å². The summed E-state index contributed by atoms with van der Waals surface area (Å²) in [5, 5.41) is 17.2. The zero-order chi connectivity index (χ0) is 23.8. The lowest BCUT2D eigenvalue weighted by Crippen LogP contribution is -2.47. The van der Waals surface area contributed by atoms with Gasteiger partial charge in [0.25, 0.3) is 0 Å². The van der Waals surface area contributed by atoms with E-state index in [1.807, 2.05) is 6.07 Å². The van der Waals surface area contributed by atoms with Gasteiger partial charge in [-0.2, -0.15) is 10.2 Å². The van der Waals surface area contributed by atoms with E-state index in [1.54, 1.807) is 6.92 Å². The molecular weight excluding hydrogens is 424 g/mol. The van der Waals surface area contributed by atoms with Gasteiger partial charge in [0, 0.05) is 24.9 Å². The summed E-state index contributed by atoms with van der Waals surface area (Å²) in [7, 11) is 0. The largest absolute Gasteiger partial charge is 0.408 e. The Balaban J connectivity index is 1.81. The molecule has 0 N–H and O–H groups in total. The molecule has 0 amide bonds. The molecule has 2 atom stereocenters. The van der Waals surface area contributed by atoms with Crippen LogP contribution in [-0.4, -0.2) is 33.0 Å². The first-order valence-corrected chi connectivity index (χ1v) is 11.7. The second kappa shape index (κ2) is 9.15. The van der Waals surface area contributed by atoms with E-state index in [2.05, 4.69) is 53.0 Å². The molecule has 1 aliphatic rings. The Morgan fingerprint density at radius 2 is 1.85 bits per heavy atom. The first kappa shape index (κ1) is 23.3. The van der Waals surface area contributed by atoms with E-state index in [4.69, 9.17) is 4.42 Å². The number of rotatable bonds is 7. The van der Waals surface area contributed by atoms with E-state index < -0.39 is 11.6 Å². The molecule has 1 aliphatic carbocycles. The van der Waals surface area contributed by atoms with Gasteiger partial charge in [-0.25, -0.2) is 8.78 Å². The minimum atomic E-state index is -0.632. The number of hydrogen-bond acceptors (Lipinski definition) is 6. The standard InChI is InChI=1S/C25H31F2N5O/c1-6-17-11-12-25(7-2,14-32(15(3)4)24-31-28-16(5)33-24)23-18(17)13-21(29-30-23)22-19(26)9-8-10-20(22)27/h8-10,13,15,17H,6-7,11-12,14H2,1-5H3/t17-,25+/m0/s1. The third-order valence-corrected chi connectivity index (χ3v) is 6.98. The van der Waals surface area contributed by atoms with Crippen LogP contribution in [0.25, 0.3) is 11.3 Å².